The van der Waals surface area contributed by atoms with Crippen molar-refractivity contribution in [2.24, 2.45) is 11.7 Å². The van der Waals surface area contributed by atoms with Gasteiger partial charge in [0.15, 0.2) is 0 Å². The molecule has 0 aliphatic carbocycles. The second-order valence-corrected chi connectivity index (χ2v) is 5.41. The maximum Gasteiger partial charge on any atom is 0.239 e. The lowest BCUT2D eigenvalue weighted by molar-refractivity contribution is -0.134. The summed E-state index contributed by atoms with van der Waals surface area (Å²) in [6.07, 6.45) is 1.77. The van der Waals surface area contributed by atoms with Gasteiger partial charge in [-0.1, -0.05) is 27.2 Å². The minimum absolute atomic E-state index is 0.135. The van der Waals surface area contributed by atoms with Gasteiger partial charge >= 0.3 is 0 Å². The van der Waals surface area contributed by atoms with Crippen LogP contribution in [-0.4, -0.2) is 54.5 Å². The highest BCUT2D eigenvalue weighted by Crippen LogP contribution is 2.07. The molecule has 1 atom stereocenters. The Morgan fingerprint density at radius 3 is 2.29 bits per heavy atom. The van der Waals surface area contributed by atoms with E-state index in [1.807, 2.05) is 4.90 Å². The molecule has 0 radical (unpaired) electrons. The van der Waals surface area contributed by atoms with Crippen molar-refractivity contribution in [3.63, 3.8) is 0 Å². The molecule has 1 amide bonds. The zero-order valence-corrected chi connectivity index (χ0v) is 11.5. The van der Waals surface area contributed by atoms with Crippen molar-refractivity contribution in [1.82, 2.24) is 9.80 Å². The number of piperazine rings is 1. The maximum atomic E-state index is 12.0. The summed E-state index contributed by atoms with van der Waals surface area (Å²) in [5.41, 5.74) is 5.87. The van der Waals surface area contributed by atoms with Crippen LogP contribution in [0.5, 0.6) is 0 Å². The van der Waals surface area contributed by atoms with E-state index in [0.29, 0.717) is 5.92 Å². The minimum atomic E-state index is -0.295. The van der Waals surface area contributed by atoms with E-state index in [1.165, 1.54) is 0 Å². The molecular weight excluding hydrogens is 214 g/mol. The van der Waals surface area contributed by atoms with Crippen LogP contribution in [0, 0.1) is 5.92 Å². The summed E-state index contributed by atoms with van der Waals surface area (Å²) in [5.74, 6) is 0.829. The molecule has 0 aromatic heterocycles. The predicted octanol–water partition coefficient (Wildman–Crippen LogP) is 0.914. The van der Waals surface area contributed by atoms with Crippen LogP contribution in [-0.2, 0) is 4.79 Å². The number of nitrogens with two attached hydrogens (primary N) is 1. The van der Waals surface area contributed by atoms with Gasteiger partial charge in [-0.3, -0.25) is 9.69 Å². The van der Waals surface area contributed by atoms with Gasteiger partial charge in [0.1, 0.15) is 0 Å². The van der Waals surface area contributed by atoms with E-state index in [4.69, 9.17) is 5.73 Å². The number of hydrogen-bond acceptors (Lipinski definition) is 3. The summed E-state index contributed by atoms with van der Waals surface area (Å²) in [4.78, 5) is 16.4. The van der Waals surface area contributed by atoms with Crippen molar-refractivity contribution >= 4 is 5.91 Å². The normalized spacial score (nSPS) is 19.7. The third-order valence-electron chi connectivity index (χ3n) is 3.22. The average Bonchev–Trinajstić information content (AvgIpc) is 2.28. The second-order valence-electron chi connectivity index (χ2n) is 5.41. The Morgan fingerprint density at radius 1 is 1.24 bits per heavy atom. The molecule has 100 valence electrons. The van der Waals surface area contributed by atoms with Gasteiger partial charge in [-0.15, -0.1) is 0 Å². The van der Waals surface area contributed by atoms with Crippen LogP contribution >= 0.6 is 0 Å². The van der Waals surface area contributed by atoms with E-state index in [2.05, 4.69) is 25.7 Å². The first-order valence-electron chi connectivity index (χ1n) is 6.81. The number of carbonyl (C=O) groups is 1. The molecular formula is C13H27N3O. The Labute approximate surface area is 105 Å². The standard InChI is InChI=1S/C13H27N3O/c1-4-5-12(14)13(17)16-8-6-15(7-9-16)10-11(2)3/h11-12H,4-10,14H2,1-3H3/t12-/m1/s1. The van der Waals surface area contributed by atoms with Gasteiger partial charge in [0.2, 0.25) is 5.91 Å². The Balaban J connectivity index is 2.33. The number of hydrogen-bond donors (Lipinski definition) is 1. The summed E-state index contributed by atoms with van der Waals surface area (Å²) in [7, 11) is 0. The molecule has 0 aromatic rings. The van der Waals surface area contributed by atoms with Gasteiger partial charge < -0.3 is 10.6 Å². The highest BCUT2D eigenvalue weighted by atomic mass is 16.2. The van der Waals surface area contributed by atoms with Crippen LogP contribution in [0.1, 0.15) is 33.6 Å². The maximum absolute atomic E-state index is 12.0. The molecule has 4 nitrogen and oxygen atoms in total. The number of amides is 1. The summed E-state index contributed by atoms with van der Waals surface area (Å²) in [6, 6.07) is -0.295. The fraction of sp³-hybridized carbons (Fsp3) is 0.923. The molecule has 1 aliphatic heterocycles. The Hall–Kier alpha value is -0.610. The van der Waals surface area contributed by atoms with E-state index in [-0.39, 0.29) is 11.9 Å². The van der Waals surface area contributed by atoms with Crippen LogP contribution in [0.25, 0.3) is 0 Å². The lowest BCUT2D eigenvalue weighted by Gasteiger charge is -2.36. The average molecular weight is 241 g/mol. The molecule has 0 bridgehead atoms. The third-order valence-corrected chi connectivity index (χ3v) is 3.22. The second kappa shape index (κ2) is 6.97. The van der Waals surface area contributed by atoms with Crippen molar-refractivity contribution in [1.29, 1.82) is 0 Å². The van der Waals surface area contributed by atoms with E-state index in [9.17, 15) is 4.79 Å². The molecule has 1 heterocycles. The first kappa shape index (κ1) is 14.5. The molecule has 0 aromatic carbocycles. The molecule has 17 heavy (non-hydrogen) atoms. The van der Waals surface area contributed by atoms with Crippen molar-refractivity contribution < 1.29 is 4.79 Å². The monoisotopic (exact) mass is 241 g/mol. The lowest BCUT2D eigenvalue weighted by Crippen LogP contribution is -2.53. The van der Waals surface area contributed by atoms with E-state index >= 15 is 0 Å². The van der Waals surface area contributed by atoms with Crippen molar-refractivity contribution in [3.8, 4) is 0 Å². The van der Waals surface area contributed by atoms with Gasteiger partial charge in [-0.2, -0.15) is 0 Å². The van der Waals surface area contributed by atoms with Gasteiger partial charge in [0.05, 0.1) is 6.04 Å². The third kappa shape index (κ3) is 4.64. The summed E-state index contributed by atoms with van der Waals surface area (Å²) >= 11 is 0. The molecule has 0 saturated carbocycles. The Bertz CT molecular complexity index is 235. The smallest absolute Gasteiger partial charge is 0.239 e. The molecule has 1 fully saturated rings. The molecule has 1 saturated heterocycles. The largest absolute Gasteiger partial charge is 0.339 e. The van der Waals surface area contributed by atoms with Crippen LogP contribution in [0.2, 0.25) is 0 Å². The SMILES string of the molecule is CCC[C@@H](N)C(=O)N1CCN(CC(C)C)CC1. The molecule has 4 heteroatoms. The van der Waals surface area contributed by atoms with Gasteiger partial charge in [-0.25, -0.2) is 0 Å². The summed E-state index contributed by atoms with van der Waals surface area (Å²) in [6.45, 7) is 11.3. The topological polar surface area (TPSA) is 49.6 Å². The van der Waals surface area contributed by atoms with Crippen molar-refractivity contribution in [2.75, 3.05) is 32.7 Å². The lowest BCUT2D eigenvalue weighted by atomic mass is 10.1. The summed E-state index contributed by atoms with van der Waals surface area (Å²) in [5, 5.41) is 0. The van der Waals surface area contributed by atoms with Gasteiger partial charge in [0.25, 0.3) is 0 Å². The quantitative estimate of drug-likeness (QED) is 0.778. The number of nitrogens with zero attached hydrogens (tertiary/aromatic N) is 2. The zero-order chi connectivity index (χ0) is 12.8. The Morgan fingerprint density at radius 2 is 1.82 bits per heavy atom. The van der Waals surface area contributed by atoms with Crippen molar-refractivity contribution in [2.45, 2.75) is 39.7 Å². The van der Waals surface area contributed by atoms with Gasteiger partial charge in [0, 0.05) is 32.7 Å². The first-order valence-corrected chi connectivity index (χ1v) is 6.81. The number of carbonyl (C=O) groups excluding carboxylic acids is 1. The highest BCUT2D eigenvalue weighted by Gasteiger charge is 2.24. The summed E-state index contributed by atoms with van der Waals surface area (Å²) < 4.78 is 0. The first-order chi connectivity index (χ1) is 8.04. The predicted molar refractivity (Wildman–Crippen MR) is 70.7 cm³/mol. The molecule has 1 rings (SSSR count). The van der Waals surface area contributed by atoms with Crippen LogP contribution < -0.4 is 5.73 Å². The van der Waals surface area contributed by atoms with Gasteiger partial charge in [-0.05, 0) is 12.3 Å². The molecule has 0 spiro atoms. The Kier molecular flexibility index (Phi) is 5.92. The van der Waals surface area contributed by atoms with Crippen molar-refractivity contribution in [3.05, 3.63) is 0 Å². The van der Waals surface area contributed by atoms with Crippen LogP contribution in [0.3, 0.4) is 0 Å². The fourth-order valence-electron chi connectivity index (χ4n) is 2.34. The highest BCUT2D eigenvalue weighted by molar-refractivity contribution is 5.81. The molecule has 1 aliphatic rings. The van der Waals surface area contributed by atoms with E-state index < -0.39 is 0 Å². The fourth-order valence-corrected chi connectivity index (χ4v) is 2.34. The van der Waals surface area contributed by atoms with Crippen LogP contribution in [0.15, 0.2) is 0 Å². The number of rotatable bonds is 5. The minimum Gasteiger partial charge on any atom is -0.339 e. The van der Waals surface area contributed by atoms with E-state index in [1.54, 1.807) is 0 Å². The van der Waals surface area contributed by atoms with Crippen LogP contribution in [0.4, 0.5) is 0 Å². The molecule has 2 N–H and O–H groups in total. The zero-order valence-electron chi connectivity index (χ0n) is 11.5. The van der Waals surface area contributed by atoms with E-state index in [0.717, 1.165) is 45.6 Å². The molecule has 0 unspecified atom stereocenters.